The summed E-state index contributed by atoms with van der Waals surface area (Å²) in [4.78, 5) is 0. The molecule has 5 N–H and O–H groups in total. The van der Waals surface area contributed by atoms with Crippen molar-refractivity contribution in [2.75, 3.05) is 32.9 Å². The number of aliphatic hydroxyl groups is 1. The summed E-state index contributed by atoms with van der Waals surface area (Å²) in [5.41, 5.74) is 10.3. The van der Waals surface area contributed by atoms with Gasteiger partial charge in [-0.2, -0.15) is 0 Å². The molecule has 0 aliphatic heterocycles. The number of hydrogen-bond donors (Lipinski definition) is 3. The van der Waals surface area contributed by atoms with Gasteiger partial charge in [-0.1, -0.05) is 0 Å². The van der Waals surface area contributed by atoms with Crippen LogP contribution >= 0.6 is 0 Å². The van der Waals surface area contributed by atoms with Gasteiger partial charge in [0.15, 0.2) is 6.29 Å². The van der Waals surface area contributed by atoms with E-state index < -0.39 is 6.29 Å². The predicted octanol–water partition coefficient (Wildman–Crippen LogP) is -1.74. The van der Waals surface area contributed by atoms with Gasteiger partial charge in [0.05, 0.1) is 19.8 Å². The van der Waals surface area contributed by atoms with Gasteiger partial charge in [-0.25, -0.2) is 0 Å². The minimum atomic E-state index is -0.581. The van der Waals surface area contributed by atoms with Crippen LogP contribution in [0.1, 0.15) is 0 Å². The van der Waals surface area contributed by atoms with E-state index in [4.69, 9.17) is 26.0 Å². The Bertz CT molecular complexity index is 74.2. The highest BCUT2D eigenvalue weighted by molar-refractivity contribution is 4.42. The highest BCUT2D eigenvalue weighted by Gasteiger charge is 2.05. The van der Waals surface area contributed by atoms with Crippen molar-refractivity contribution in [3.63, 3.8) is 0 Å². The summed E-state index contributed by atoms with van der Waals surface area (Å²) in [6, 6.07) is 0. The van der Waals surface area contributed by atoms with Crippen LogP contribution in [-0.2, 0) is 9.47 Å². The Labute approximate surface area is 66.3 Å². The van der Waals surface area contributed by atoms with Crippen LogP contribution in [0.4, 0.5) is 0 Å². The first-order valence-electron chi connectivity index (χ1n) is 3.59. The van der Waals surface area contributed by atoms with Gasteiger partial charge in [-0.05, 0) is 0 Å². The zero-order valence-electron chi connectivity index (χ0n) is 6.53. The quantitative estimate of drug-likeness (QED) is 0.388. The second-order valence-corrected chi connectivity index (χ2v) is 1.93. The van der Waals surface area contributed by atoms with E-state index in [1.165, 1.54) is 0 Å². The topological polar surface area (TPSA) is 90.7 Å². The Morgan fingerprint density at radius 2 is 1.55 bits per heavy atom. The normalized spacial score (nSPS) is 10.9. The Balaban J connectivity index is 3.25. The number of rotatable bonds is 7. The predicted molar refractivity (Wildman–Crippen MR) is 40.9 cm³/mol. The Morgan fingerprint density at radius 3 is 1.82 bits per heavy atom. The average molecular weight is 164 g/mol. The van der Waals surface area contributed by atoms with E-state index in [-0.39, 0.29) is 6.61 Å². The second-order valence-electron chi connectivity index (χ2n) is 1.93. The monoisotopic (exact) mass is 164 g/mol. The number of hydrogen-bond acceptors (Lipinski definition) is 5. The molecule has 0 aromatic carbocycles. The lowest BCUT2D eigenvalue weighted by Gasteiger charge is -2.14. The van der Waals surface area contributed by atoms with Gasteiger partial charge in [0, 0.05) is 13.1 Å². The standard InChI is InChI=1S/C6H16N2O3/c7-1-3-10-6(5-9)11-4-2-8/h6,9H,1-5,7-8H2. The molecule has 0 bridgehead atoms. The fraction of sp³-hybridized carbons (Fsp3) is 1.00. The largest absolute Gasteiger partial charge is 0.391 e. The van der Waals surface area contributed by atoms with Crippen molar-refractivity contribution in [2.24, 2.45) is 11.5 Å². The summed E-state index contributed by atoms with van der Waals surface area (Å²) in [5, 5.41) is 8.65. The molecule has 0 aliphatic carbocycles. The van der Waals surface area contributed by atoms with Crippen LogP contribution in [0.2, 0.25) is 0 Å². The molecule has 0 spiro atoms. The molecule has 0 aromatic rings. The lowest BCUT2D eigenvalue weighted by Crippen LogP contribution is -2.27. The van der Waals surface area contributed by atoms with Crippen LogP contribution in [0.15, 0.2) is 0 Å². The van der Waals surface area contributed by atoms with Crippen molar-refractivity contribution in [3.8, 4) is 0 Å². The molecular formula is C6H16N2O3. The molecule has 68 valence electrons. The zero-order chi connectivity index (χ0) is 8.53. The van der Waals surface area contributed by atoms with Gasteiger partial charge in [0.1, 0.15) is 0 Å². The number of nitrogens with two attached hydrogens (primary N) is 2. The summed E-state index contributed by atoms with van der Waals surface area (Å²) in [5.74, 6) is 0. The minimum absolute atomic E-state index is 0.167. The van der Waals surface area contributed by atoms with Crippen molar-refractivity contribution >= 4 is 0 Å². The van der Waals surface area contributed by atoms with E-state index >= 15 is 0 Å². The molecule has 5 nitrogen and oxygen atoms in total. The summed E-state index contributed by atoms with van der Waals surface area (Å²) in [6.45, 7) is 1.44. The van der Waals surface area contributed by atoms with Crippen LogP contribution < -0.4 is 11.5 Å². The van der Waals surface area contributed by atoms with E-state index in [0.717, 1.165) is 0 Å². The van der Waals surface area contributed by atoms with Crippen molar-refractivity contribution in [1.29, 1.82) is 0 Å². The molecule has 5 heteroatoms. The maximum absolute atomic E-state index is 8.65. The molecule has 0 atom stereocenters. The van der Waals surface area contributed by atoms with Gasteiger partial charge in [0.25, 0.3) is 0 Å². The molecular weight excluding hydrogens is 148 g/mol. The highest BCUT2D eigenvalue weighted by Crippen LogP contribution is 1.91. The molecule has 0 saturated carbocycles. The molecule has 0 aliphatic rings. The van der Waals surface area contributed by atoms with E-state index in [1.54, 1.807) is 0 Å². The first-order valence-corrected chi connectivity index (χ1v) is 3.59. The van der Waals surface area contributed by atoms with Crippen LogP contribution in [0.25, 0.3) is 0 Å². The minimum Gasteiger partial charge on any atom is -0.391 e. The smallest absolute Gasteiger partial charge is 0.180 e. The SMILES string of the molecule is NCCOC(CO)OCCN. The average Bonchev–Trinajstić information content (AvgIpc) is 2.05. The van der Waals surface area contributed by atoms with E-state index in [9.17, 15) is 0 Å². The van der Waals surface area contributed by atoms with Crippen LogP contribution in [0.3, 0.4) is 0 Å². The number of aliphatic hydroxyl groups excluding tert-OH is 1. The van der Waals surface area contributed by atoms with Crippen LogP contribution in [0.5, 0.6) is 0 Å². The van der Waals surface area contributed by atoms with E-state index in [0.29, 0.717) is 26.3 Å². The lowest BCUT2D eigenvalue weighted by molar-refractivity contribution is -0.159. The molecule has 0 saturated heterocycles. The van der Waals surface area contributed by atoms with Crippen LogP contribution in [0, 0.1) is 0 Å². The van der Waals surface area contributed by atoms with Crippen LogP contribution in [-0.4, -0.2) is 44.3 Å². The summed E-state index contributed by atoms with van der Waals surface area (Å²) >= 11 is 0. The third-order valence-electron chi connectivity index (χ3n) is 0.992. The zero-order valence-corrected chi connectivity index (χ0v) is 6.53. The first-order chi connectivity index (χ1) is 5.35. The Morgan fingerprint density at radius 1 is 1.09 bits per heavy atom. The van der Waals surface area contributed by atoms with Gasteiger partial charge in [0.2, 0.25) is 0 Å². The fourth-order valence-electron chi connectivity index (χ4n) is 0.552. The molecule has 0 aromatic heterocycles. The third kappa shape index (κ3) is 6.21. The molecule has 0 heterocycles. The van der Waals surface area contributed by atoms with Crippen molar-refractivity contribution in [3.05, 3.63) is 0 Å². The first kappa shape index (κ1) is 10.8. The number of ether oxygens (including phenoxy) is 2. The van der Waals surface area contributed by atoms with Gasteiger partial charge < -0.3 is 26.0 Å². The Kier molecular flexibility index (Phi) is 7.76. The molecule has 11 heavy (non-hydrogen) atoms. The third-order valence-corrected chi connectivity index (χ3v) is 0.992. The molecule has 0 radical (unpaired) electrons. The summed E-state index contributed by atoms with van der Waals surface area (Å²) < 4.78 is 9.98. The highest BCUT2D eigenvalue weighted by atomic mass is 16.7. The summed E-state index contributed by atoms with van der Waals surface area (Å²) in [6.07, 6.45) is -0.581. The molecule has 0 amide bonds. The van der Waals surface area contributed by atoms with Crippen molar-refractivity contribution in [2.45, 2.75) is 6.29 Å². The van der Waals surface area contributed by atoms with Gasteiger partial charge in [-0.3, -0.25) is 0 Å². The molecule has 0 unspecified atom stereocenters. The maximum Gasteiger partial charge on any atom is 0.180 e. The second kappa shape index (κ2) is 7.90. The van der Waals surface area contributed by atoms with Crippen molar-refractivity contribution in [1.82, 2.24) is 0 Å². The van der Waals surface area contributed by atoms with Gasteiger partial charge in [-0.15, -0.1) is 0 Å². The summed E-state index contributed by atoms with van der Waals surface area (Å²) in [7, 11) is 0. The molecule has 0 rings (SSSR count). The van der Waals surface area contributed by atoms with Crippen molar-refractivity contribution < 1.29 is 14.6 Å². The lowest BCUT2D eigenvalue weighted by atomic mass is 10.6. The fourth-order valence-corrected chi connectivity index (χ4v) is 0.552. The van der Waals surface area contributed by atoms with E-state index in [2.05, 4.69) is 0 Å². The Hall–Kier alpha value is -0.200. The maximum atomic E-state index is 8.65. The van der Waals surface area contributed by atoms with Gasteiger partial charge >= 0.3 is 0 Å². The van der Waals surface area contributed by atoms with E-state index in [1.807, 2.05) is 0 Å². The molecule has 0 fully saturated rings.